The van der Waals surface area contributed by atoms with Crippen LogP contribution in [-0.4, -0.2) is 50.5 Å². The minimum absolute atomic E-state index is 0.142. The molecule has 0 spiro atoms. The molecule has 0 aliphatic carbocycles. The maximum atomic E-state index is 14.2. The van der Waals surface area contributed by atoms with Crippen molar-refractivity contribution in [1.82, 2.24) is 4.57 Å². The van der Waals surface area contributed by atoms with E-state index < -0.39 is 18.0 Å². The van der Waals surface area contributed by atoms with Crippen LogP contribution in [0, 0.1) is 3.57 Å². The highest BCUT2D eigenvalue weighted by atomic mass is 127. The summed E-state index contributed by atoms with van der Waals surface area (Å²) >= 11 is 3.46. The Hall–Kier alpha value is -4.63. The Morgan fingerprint density at radius 2 is 1.65 bits per heavy atom. The third-order valence-corrected chi connectivity index (χ3v) is 9.17. The van der Waals surface area contributed by atoms with Gasteiger partial charge in [-0.15, -0.1) is 0 Å². The van der Waals surface area contributed by atoms with Crippen LogP contribution in [0.3, 0.4) is 0 Å². The number of ether oxygens (including phenoxy) is 6. The largest absolute Gasteiger partial charge is 0.493 e. The van der Waals surface area contributed by atoms with E-state index in [0.29, 0.717) is 62.4 Å². The van der Waals surface area contributed by atoms with Crippen LogP contribution in [0.15, 0.2) is 81.7 Å². The van der Waals surface area contributed by atoms with Gasteiger partial charge in [-0.25, -0.2) is 14.6 Å². The fraction of sp³-hybridized carbons (Fsp3) is 0.278. The van der Waals surface area contributed by atoms with Gasteiger partial charge in [-0.1, -0.05) is 35.6 Å². The fourth-order valence-corrected chi connectivity index (χ4v) is 6.58. The fourth-order valence-electron chi connectivity index (χ4n) is 5.17. The lowest BCUT2D eigenvalue weighted by atomic mass is 9.95. The topological polar surface area (TPSA) is 124 Å². The number of aromatic nitrogens is 1. The second-order valence-corrected chi connectivity index (χ2v) is 12.9. The Bertz CT molecular complexity index is 2070. The number of halogens is 1. The van der Waals surface area contributed by atoms with E-state index in [1.165, 1.54) is 23.0 Å². The highest BCUT2D eigenvalue weighted by Crippen LogP contribution is 2.36. The number of methoxy groups -OCH3 is 2. The van der Waals surface area contributed by atoms with Crippen LogP contribution in [-0.2, 0) is 25.7 Å². The molecule has 1 atom stereocenters. The molecule has 1 aromatic heterocycles. The first-order valence-corrected chi connectivity index (χ1v) is 17.3. The first-order valence-electron chi connectivity index (χ1n) is 15.4. The van der Waals surface area contributed by atoms with Crippen molar-refractivity contribution >= 4 is 51.9 Å². The second kappa shape index (κ2) is 16.2. The molecule has 0 radical (unpaired) electrons. The van der Waals surface area contributed by atoms with Crippen LogP contribution in [0.1, 0.15) is 43.5 Å². The van der Waals surface area contributed by atoms with E-state index in [4.69, 9.17) is 23.7 Å². The average molecular weight is 799 g/mol. The van der Waals surface area contributed by atoms with Crippen molar-refractivity contribution in [3.8, 4) is 23.0 Å². The molecule has 0 unspecified atom stereocenters. The minimum atomic E-state index is -0.877. The Morgan fingerprint density at radius 1 is 0.918 bits per heavy atom. The number of carbonyl (C=O) groups is 2. The molecule has 5 rings (SSSR count). The average Bonchev–Trinajstić information content (AvgIpc) is 3.40. The van der Waals surface area contributed by atoms with Gasteiger partial charge in [0, 0.05) is 3.57 Å². The third-order valence-electron chi connectivity index (χ3n) is 7.47. The maximum absolute atomic E-state index is 14.2. The molecule has 4 aromatic rings. The molecule has 11 nitrogen and oxygen atoms in total. The first-order chi connectivity index (χ1) is 23.7. The SMILES string of the molecule is CCOC(=O)C1=C(C)N=c2s/c(=C\c3ccc(OCc4ccc(I)cc4)c(OC)c3)c(=O)n2[C@H]1c1ccc(OCC(=O)OC)c(OCC)c1. The normalized spacial score (nSPS) is 14.1. The summed E-state index contributed by atoms with van der Waals surface area (Å²) in [5, 5.41) is 0. The van der Waals surface area contributed by atoms with Crippen molar-refractivity contribution in [2.45, 2.75) is 33.4 Å². The number of nitrogens with zero attached hydrogens (tertiary/aromatic N) is 2. The van der Waals surface area contributed by atoms with Gasteiger partial charge in [0.05, 0.1) is 49.3 Å². The predicted octanol–water partition coefficient (Wildman–Crippen LogP) is 4.94. The molecular weight excluding hydrogens is 763 g/mol. The van der Waals surface area contributed by atoms with Gasteiger partial charge >= 0.3 is 11.9 Å². The molecule has 3 aromatic carbocycles. The molecule has 49 heavy (non-hydrogen) atoms. The number of hydrogen-bond donors (Lipinski definition) is 0. The van der Waals surface area contributed by atoms with Crippen molar-refractivity contribution in [3.63, 3.8) is 0 Å². The number of hydrogen-bond acceptors (Lipinski definition) is 11. The molecule has 0 bridgehead atoms. The van der Waals surface area contributed by atoms with Crippen molar-refractivity contribution in [1.29, 1.82) is 0 Å². The first kappa shape index (κ1) is 35.7. The Labute approximate surface area is 300 Å². The number of thiazole rings is 1. The molecule has 0 amide bonds. The standard InChI is InChI=1S/C36H35IN2O9S/c1-6-45-29-18-24(11-15-27(29)48-20-31(40)44-5)33-32(35(42)46-7-2)21(3)38-36-39(33)34(41)30(49-36)17-23-10-14-26(28(16-23)43-4)47-19-22-8-12-25(37)13-9-22/h8-18,33H,6-7,19-20H2,1-5H3/b30-17-/t33-/m0/s1. The number of carbonyl (C=O) groups excluding carboxylic acids is 2. The number of fused-ring (bicyclic) bond motifs is 1. The summed E-state index contributed by atoms with van der Waals surface area (Å²) in [5.74, 6) is 0.588. The van der Waals surface area contributed by atoms with E-state index in [0.717, 1.165) is 9.13 Å². The van der Waals surface area contributed by atoms with E-state index in [-0.39, 0.29) is 24.3 Å². The molecule has 0 saturated heterocycles. The van der Waals surface area contributed by atoms with Gasteiger partial charge in [0.25, 0.3) is 5.56 Å². The maximum Gasteiger partial charge on any atom is 0.343 e. The smallest absolute Gasteiger partial charge is 0.343 e. The molecular formula is C36H35IN2O9S. The molecule has 2 heterocycles. The van der Waals surface area contributed by atoms with Crippen molar-refractivity contribution in [2.75, 3.05) is 34.0 Å². The predicted molar refractivity (Wildman–Crippen MR) is 192 cm³/mol. The van der Waals surface area contributed by atoms with Gasteiger partial charge < -0.3 is 28.4 Å². The summed E-state index contributed by atoms with van der Waals surface area (Å²) in [6.45, 7) is 5.74. The zero-order valence-corrected chi connectivity index (χ0v) is 30.6. The van der Waals surface area contributed by atoms with Crippen LogP contribution in [0.5, 0.6) is 23.0 Å². The quantitative estimate of drug-likeness (QED) is 0.137. The van der Waals surface area contributed by atoms with Crippen molar-refractivity contribution in [2.24, 2.45) is 4.99 Å². The highest BCUT2D eigenvalue weighted by molar-refractivity contribution is 14.1. The van der Waals surface area contributed by atoms with E-state index in [2.05, 4.69) is 32.3 Å². The highest BCUT2D eigenvalue weighted by Gasteiger charge is 2.34. The Morgan fingerprint density at radius 3 is 2.35 bits per heavy atom. The van der Waals surface area contributed by atoms with E-state index in [1.54, 1.807) is 57.4 Å². The summed E-state index contributed by atoms with van der Waals surface area (Å²) in [4.78, 5) is 44.3. The van der Waals surface area contributed by atoms with Crippen LogP contribution < -0.4 is 33.8 Å². The monoisotopic (exact) mass is 798 g/mol. The number of benzene rings is 3. The van der Waals surface area contributed by atoms with Crippen LogP contribution in [0.25, 0.3) is 6.08 Å². The number of rotatable bonds is 13. The molecule has 1 aliphatic heterocycles. The molecule has 0 saturated carbocycles. The van der Waals surface area contributed by atoms with Gasteiger partial charge in [0.2, 0.25) is 0 Å². The lowest BCUT2D eigenvalue weighted by molar-refractivity contribution is -0.143. The van der Waals surface area contributed by atoms with Gasteiger partial charge in [0.1, 0.15) is 6.61 Å². The van der Waals surface area contributed by atoms with Gasteiger partial charge in [-0.2, -0.15) is 0 Å². The molecule has 1 aliphatic rings. The van der Waals surface area contributed by atoms with Crippen molar-refractivity contribution in [3.05, 3.63) is 112 Å². The molecule has 256 valence electrons. The second-order valence-electron chi connectivity index (χ2n) is 10.6. The summed E-state index contributed by atoms with van der Waals surface area (Å²) in [6.07, 6.45) is 1.76. The van der Waals surface area contributed by atoms with Crippen LogP contribution in [0.4, 0.5) is 0 Å². The minimum Gasteiger partial charge on any atom is -0.493 e. The Kier molecular flexibility index (Phi) is 11.8. The van der Waals surface area contributed by atoms with E-state index >= 15 is 0 Å². The summed E-state index contributed by atoms with van der Waals surface area (Å²) < 4.78 is 36.3. The third kappa shape index (κ3) is 8.16. The lowest BCUT2D eigenvalue weighted by Crippen LogP contribution is -2.40. The molecule has 0 fully saturated rings. The summed E-state index contributed by atoms with van der Waals surface area (Å²) in [5.41, 5.74) is 2.61. The molecule has 13 heteroatoms. The number of esters is 2. The summed E-state index contributed by atoms with van der Waals surface area (Å²) in [7, 11) is 2.83. The van der Waals surface area contributed by atoms with Crippen LogP contribution >= 0.6 is 33.9 Å². The van der Waals surface area contributed by atoms with Crippen LogP contribution in [0.2, 0.25) is 0 Å². The Balaban J connectivity index is 1.55. The van der Waals surface area contributed by atoms with Gasteiger partial charge in [-0.05, 0) is 103 Å². The summed E-state index contributed by atoms with van der Waals surface area (Å²) in [6, 6.07) is 17.7. The van der Waals surface area contributed by atoms with E-state index in [9.17, 15) is 14.4 Å². The van der Waals surface area contributed by atoms with Crippen molar-refractivity contribution < 1.29 is 38.0 Å². The molecule has 0 N–H and O–H groups in total. The zero-order chi connectivity index (χ0) is 35.1. The zero-order valence-electron chi connectivity index (χ0n) is 27.6. The van der Waals surface area contributed by atoms with Gasteiger partial charge in [0.15, 0.2) is 34.4 Å². The van der Waals surface area contributed by atoms with E-state index in [1.807, 2.05) is 37.3 Å². The van der Waals surface area contributed by atoms with Gasteiger partial charge in [-0.3, -0.25) is 9.36 Å². The lowest BCUT2D eigenvalue weighted by Gasteiger charge is -2.25. The number of allylic oxidation sites excluding steroid dienone is 1.